The molecule has 1 aromatic carbocycles. The number of nitro groups is 1. The van der Waals surface area contributed by atoms with Crippen LogP contribution in [0.3, 0.4) is 0 Å². The van der Waals surface area contributed by atoms with E-state index in [-0.39, 0.29) is 5.69 Å². The van der Waals surface area contributed by atoms with E-state index in [1.165, 1.54) is 30.7 Å². The summed E-state index contributed by atoms with van der Waals surface area (Å²) >= 11 is 8.01. The summed E-state index contributed by atoms with van der Waals surface area (Å²) in [7, 11) is 0. The van der Waals surface area contributed by atoms with E-state index in [0.717, 1.165) is 11.3 Å². The minimum absolute atomic E-state index is 0.0389. The summed E-state index contributed by atoms with van der Waals surface area (Å²) in [5, 5.41) is 14.5. The van der Waals surface area contributed by atoms with Crippen LogP contribution in [0.5, 0.6) is 0 Å². The van der Waals surface area contributed by atoms with Crippen LogP contribution in [-0.4, -0.2) is 22.5 Å². The van der Waals surface area contributed by atoms with Crippen LogP contribution in [0.1, 0.15) is 18.4 Å². The van der Waals surface area contributed by atoms with Gasteiger partial charge in [-0.15, -0.1) is 0 Å². The number of rotatable bonds is 4. The minimum Gasteiger partial charge on any atom is -0.309 e. The van der Waals surface area contributed by atoms with E-state index in [0.29, 0.717) is 17.6 Å². The highest BCUT2D eigenvalue weighted by Crippen LogP contribution is 2.23. The van der Waals surface area contributed by atoms with Crippen LogP contribution in [0.2, 0.25) is 5.02 Å². The Bertz CT molecular complexity index is 436. The summed E-state index contributed by atoms with van der Waals surface area (Å²) in [6, 6.07) is 5.16. The first-order valence-electron chi connectivity index (χ1n) is 5.91. The maximum absolute atomic E-state index is 10.6. The monoisotopic (exact) mass is 286 g/mol. The van der Waals surface area contributed by atoms with Gasteiger partial charge in [-0.2, -0.15) is 11.8 Å². The molecule has 1 N–H and O–H groups in total. The molecular weight excluding hydrogens is 272 g/mol. The number of thioether (sulfide) groups is 1. The highest BCUT2D eigenvalue weighted by molar-refractivity contribution is 7.99. The molecule has 1 unspecified atom stereocenters. The van der Waals surface area contributed by atoms with Gasteiger partial charge >= 0.3 is 0 Å². The van der Waals surface area contributed by atoms with Crippen molar-refractivity contribution < 1.29 is 4.92 Å². The molecule has 1 aliphatic rings. The van der Waals surface area contributed by atoms with Gasteiger partial charge in [0.1, 0.15) is 0 Å². The molecule has 6 heteroatoms. The summed E-state index contributed by atoms with van der Waals surface area (Å²) in [6.07, 6.45) is 2.44. The molecule has 2 rings (SSSR count). The second-order valence-electron chi connectivity index (χ2n) is 4.33. The average Bonchev–Trinajstić information content (AvgIpc) is 2.38. The van der Waals surface area contributed by atoms with Crippen molar-refractivity contribution in [3.8, 4) is 0 Å². The summed E-state index contributed by atoms with van der Waals surface area (Å²) in [5.41, 5.74) is 0.954. The van der Waals surface area contributed by atoms with Gasteiger partial charge in [0.25, 0.3) is 5.69 Å². The lowest BCUT2D eigenvalue weighted by atomic mass is 10.1. The van der Waals surface area contributed by atoms with E-state index < -0.39 is 4.92 Å². The largest absolute Gasteiger partial charge is 0.309 e. The smallest absolute Gasteiger partial charge is 0.270 e. The van der Waals surface area contributed by atoms with E-state index >= 15 is 0 Å². The van der Waals surface area contributed by atoms with Crippen molar-refractivity contribution in [2.75, 3.05) is 11.5 Å². The van der Waals surface area contributed by atoms with Gasteiger partial charge < -0.3 is 5.32 Å². The lowest BCUT2D eigenvalue weighted by molar-refractivity contribution is -0.384. The van der Waals surface area contributed by atoms with Gasteiger partial charge in [0.2, 0.25) is 0 Å². The molecule has 1 aromatic rings. The van der Waals surface area contributed by atoms with Crippen molar-refractivity contribution in [1.82, 2.24) is 5.32 Å². The van der Waals surface area contributed by atoms with E-state index in [1.807, 2.05) is 11.8 Å². The van der Waals surface area contributed by atoms with Crippen molar-refractivity contribution in [3.05, 3.63) is 38.9 Å². The van der Waals surface area contributed by atoms with Gasteiger partial charge in [0.15, 0.2) is 0 Å². The number of halogens is 1. The predicted octanol–water partition coefficient (Wildman–Crippen LogP) is 3.23. The van der Waals surface area contributed by atoms with E-state index in [2.05, 4.69) is 5.32 Å². The normalized spacial score (nSPS) is 19.7. The van der Waals surface area contributed by atoms with Gasteiger partial charge in [0, 0.05) is 30.5 Å². The quantitative estimate of drug-likeness (QED) is 0.682. The third-order valence-electron chi connectivity index (χ3n) is 2.99. The molecule has 1 saturated heterocycles. The van der Waals surface area contributed by atoms with Crippen LogP contribution in [0.4, 0.5) is 5.69 Å². The Morgan fingerprint density at radius 2 is 2.39 bits per heavy atom. The molecule has 0 radical (unpaired) electrons. The van der Waals surface area contributed by atoms with Crippen LogP contribution in [0, 0.1) is 10.1 Å². The third kappa shape index (κ3) is 3.60. The molecule has 0 amide bonds. The predicted molar refractivity (Wildman–Crippen MR) is 75.3 cm³/mol. The Morgan fingerprint density at radius 1 is 1.56 bits per heavy atom. The third-order valence-corrected chi connectivity index (χ3v) is 4.56. The topological polar surface area (TPSA) is 55.2 Å². The Hall–Kier alpha value is -0.780. The average molecular weight is 287 g/mol. The van der Waals surface area contributed by atoms with Gasteiger partial charge in [-0.3, -0.25) is 10.1 Å². The number of nitrogens with zero attached hydrogens (tertiary/aromatic N) is 1. The maximum atomic E-state index is 10.6. The lowest BCUT2D eigenvalue weighted by Crippen LogP contribution is -2.33. The van der Waals surface area contributed by atoms with Gasteiger partial charge in [-0.05, 0) is 30.2 Å². The van der Waals surface area contributed by atoms with Crippen molar-refractivity contribution >= 4 is 29.1 Å². The number of nitrogens with one attached hydrogen (secondary N) is 1. The van der Waals surface area contributed by atoms with E-state index in [9.17, 15) is 10.1 Å². The summed E-state index contributed by atoms with van der Waals surface area (Å²) in [6.45, 7) is 0.669. The molecule has 18 heavy (non-hydrogen) atoms. The highest BCUT2D eigenvalue weighted by Gasteiger charge is 2.14. The van der Waals surface area contributed by atoms with Gasteiger partial charge in [-0.25, -0.2) is 0 Å². The Kier molecular flexibility index (Phi) is 4.86. The first-order chi connectivity index (χ1) is 8.66. The first-order valence-corrected chi connectivity index (χ1v) is 7.44. The molecule has 0 bridgehead atoms. The van der Waals surface area contributed by atoms with Crippen LogP contribution < -0.4 is 5.32 Å². The molecule has 1 fully saturated rings. The molecule has 1 aliphatic heterocycles. The number of nitro benzene ring substituents is 1. The highest BCUT2D eigenvalue weighted by atomic mass is 35.5. The van der Waals surface area contributed by atoms with E-state index in [4.69, 9.17) is 11.6 Å². The molecular formula is C12H15ClN2O2S. The molecule has 0 aliphatic carbocycles. The molecule has 0 saturated carbocycles. The fourth-order valence-electron chi connectivity index (χ4n) is 1.95. The number of benzene rings is 1. The number of hydrogen-bond donors (Lipinski definition) is 1. The van der Waals surface area contributed by atoms with Crippen LogP contribution in [-0.2, 0) is 6.54 Å². The Morgan fingerprint density at radius 3 is 3.00 bits per heavy atom. The minimum atomic E-state index is -0.430. The number of hydrogen-bond acceptors (Lipinski definition) is 4. The standard InChI is InChI=1S/C12H15ClN2O2S/c13-12-6-11(15(16)17)4-3-9(12)7-14-10-2-1-5-18-8-10/h3-4,6,10,14H,1-2,5,7-8H2. The first kappa shape index (κ1) is 13.6. The van der Waals surface area contributed by atoms with Crippen LogP contribution in [0.25, 0.3) is 0 Å². The SMILES string of the molecule is O=[N+]([O-])c1ccc(CNC2CCCSC2)c(Cl)c1. The second-order valence-corrected chi connectivity index (χ2v) is 5.88. The van der Waals surface area contributed by atoms with Gasteiger partial charge in [0.05, 0.1) is 9.95 Å². The van der Waals surface area contributed by atoms with Crippen molar-refractivity contribution in [2.24, 2.45) is 0 Å². The molecule has 98 valence electrons. The molecule has 1 atom stereocenters. The zero-order valence-electron chi connectivity index (χ0n) is 9.89. The zero-order valence-corrected chi connectivity index (χ0v) is 11.5. The van der Waals surface area contributed by atoms with Crippen molar-refractivity contribution in [2.45, 2.75) is 25.4 Å². The Balaban J connectivity index is 1.94. The summed E-state index contributed by atoms with van der Waals surface area (Å²) < 4.78 is 0. The maximum Gasteiger partial charge on any atom is 0.270 e. The number of non-ortho nitro benzene ring substituents is 1. The lowest BCUT2D eigenvalue weighted by Gasteiger charge is -2.22. The molecule has 1 heterocycles. The van der Waals surface area contributed by atoms with Crippen LogP contribution >= 0.6 is 23.4 Å². The van der Waals surface area contributed by atoms with Gasteiger partial charge in [-0.1, -0.05) is 11.6 Å². The zero-order chi connectivity index (χ0) is 13.0. The van der Waals surface area contributed by atoms with Crippen molar-refractivity contribution in [1.29, 1.82) is 0 Å². The van der Waals surface area contributed by atoms with Crippen LogP contribution in [0.15, 0.2) is 18.2 Å². The van der Waals surface area contributed by atoms with E-state index in [1.54, 1.807) is 6.07 Å². The fraction of sp³-hybridized carbons (Fsp3) is 0.500. The van der Waals surface area contributed by atoms with Crippen molar-refractivity contribution in [3.63, 3.8) is 0 Å². The summed E-state index contributed by atoms with van der Waals surface area (Å²) in [5.74, 6) is 2.38. The fourth-order valence-corrected chi connectivity index (χ4v) is 3.30. The molecule has 0 spiro atoms. The molecule has 4 nitrogen and oxygen atoms in total. The summed E-state index contributed by atoms with van der Waals surface area (Å²) in [4.78, 5) is 10.2. The second kappa shape index (κ2) is 6.41. The Labute approximate surface area is 115 Å². The molecule has 0 aromatic heterocycles.